The van der Waals surface area contributed by atoms with Gasteiger partial charge in [0.2, 0.25) is 5.88 Å². The van der Waals surface area contributed by atoms with Crippen molar-refractivity contribution in [2.45, 2.75) is 18.8 Å². The summed E-state index contributed by atoms with van der Waals surface area (Å²) in [6.45, 7) is 1.54. The van der Waals surface area contributed by atoms with Crippen LogP contribution in [0.4, 0.5) is 5.13 Å². The Bertz CT molecular complexity index is 998. The molecule has 146 valence electrons. The zero-order chi connectivity index (χ0) is 19.5. The number of pyridine rings is 1. The van der Waals surface area contributed by atoms with E-state index in [4.69, 9.17) is 14.2 Å². The normalized spacial score (nSPS) is 14.8. The van der Waals surface area contributed by atoms with Gasteiger partial charge in [-0.25, -0.2) is 9.97 Å². The number of carbonyl (C=O) groups excluding carboxylic acids is 1. The number of benzene rings is 1. The van der Waals surface area contributed by atoms with Crippen LogP contribution in [0.3, 0.4) is 0 Å². The molecule has 0 spiro atoms. The zero-order valence-electron chi connectivity index (χ0n) is 15.7. The predicted octanol–water partition coefficient (Wildman–Crippen LogP) is 3.85. The molecule has 0 saturated carbocycles. The van der Waals surface area contributed by atoms with E-state index in [1.165, 1.54) is 24.0 Å². The zero-order valence-corrected chi connectivity index (χ0v) is 16.5. The summed E-state index contributed by atoms with van der Waals surface area (Å²) >= 11 is 1.47. The number of anilines is 1. The van der Waals surface area contributed by atoms with Crippen molar-refractivity contribution in [3.05, 3.63) is 41.6 Å². The summed E-state index contributed by atoms with van der Waals surface area (Å²) in [6, 6.07) is 7.29. The lowest BCUT2D eigenvalue weighted by Gasteiger charge is -2.23. The minimum absolute atomic E-state index is 0.258. The van der Waals surface area contributed by atoms with Crippen molar-refractivity contribution >= 4 is 32.6 Å². The van der Waals surface area contributed by atoms with E-state index >= 15 is 0 Å². The number of nitrogens with one attached hydrogen (secondary N) is 1. The lowest BCUT2D eigenvalue weighted by Crippen LogP contribution is -2.14. The molecule has 7 nitrogen and oxygen atoms in total. The van der Waals surface area contributed by atoms with Gasteiger partial charge in [-0.05, 0) is 36.5 Å². The Balaban J connectivity index is 1.66. The first-order chi connectivity index (χ1) is 13.7. The van der Waals surface area contributed by atoms with Gasteiger partial charge >= 0.3 is 0 Å². The van der Waals surface area contributed by atoms with Crippen molar-refractivity contribution in [3.8, 4) is 11.6 Å². The van der Waals surface area contributed by atoms with Crippen LogP contribution in [-0.4, -0.2) is 43.3 Å². The molecule has 28 heavy (non-hydrogen) atoms. The van der Waals surface area contributed by atoms with E-state index in [-0.39, 0.29) is 5.91 Å². The molecule has 2 aromatic heterocycles. The largest absolute Gasteiger partial charge is 0.494 e. The second-order valence-electron chi connectivity index (χ2n) is 6.48. The number of rotatable bonds is 5. The Hall–Kier alpha value is -2.71. The molecule has 1 aromatic carbocycles. The fourth-order valence-corrected chi connectivity index (χ4v) is 4.45. The van der Waals surface area contributed by atoms with Crippen LogP contribution in [0.5, 0.6) is 11.6 Å². The van der Waals surface area contributed by atoms with E-state index in [1.807, 2.05) is 6.07 Å². The number of amides is 1. The van der Waals surface area contributed by atoms with Crippen molar-refractivity contribution in [1.29, 1.82) is 0 Å². The molecule has 0 bridgehead atoms. The lowest BCUT2D eigenvalue weighted by atomic mass is 9.91. The smallest absolute Gasteiger partial charge is 0.257 e. The summed E-state index contributed by atoms with van der Waals surface area (Å²) in [7, 11) is 3.14. The highest BCUT2D eigenvalue weighted by atomic mass is 32.1. The number of thiazole rings is 1. The summed E-state index contributed by atoms with van der Waals surface area (Å²) < 4.78 is 17.1. The molecule has 1 saturated heterocycles. The van der Waals surface area contributed by atoms with Gasteiger partial charge in [-0.3, -0.25) is 10.1 Å². The Kier molecular flexibility index (Phi) is 5.40. The monoisotopic (exact) mass is 399 g/mol. The van der Waals surface area contributed by atoms with Crippen molar-refractivity contribution in [2.75, 3.05) is 32.8 Å². The molecular weight excluding hydrogens is 378 g/mol. The third kappa shape index (κ3) is 3.65. The first kappa shape index (κ1) is 18.6. The van der Waals surface area contributed by atoms with Crippen LogP contribution in [0.15, 0.2) is 30.5 Å². The number of nitrogens with zero attached hydrogens (tertiary/aromatic N) is 2. The third-order valence-corrected chi connectivity index (χ3v) is 5.86. The maximum atomic E-state index is 12.6. The molecule has 3 aromatic rings. The fourth-order valence-electron chi connectivity index (χ4n) is 3.38. The molecule has 8 heteroatoms. The SMILES string of the molecule is COc1cc(C(=O)Nc2nc3c(OC)ccc(C4CCOCC4)c3s2)ccn1. The number of ether oxygens (including phenoxy) is 3. The molecule has 0 unspecified atom stereocenters. The van der Waals surface area contributed by atoms with Gasteiger partial charge in [-0.2, -0.15) is 0 Å². The van der Waals surface area contributed by atoms with Gasteiger partial charge in [-0.1, -0.05) is 17.4 Å². The van der Waals surface area contributed by atoms with E-state index in [1.54, 1.807) is 25.4 Å². The van der Waals surface area contributed by atoms with E-state index in [0.717, 1.165) is 36.3 Å². The van der Waals surface area contributed by atoms with Crippen LogP contribution in [0.25, 0.3) is 10.2 Å². The summed E-state index contributed by atoms with van der Waals surface area (Å²) in [6.07, 6.45) is 3.51. The van der Waals surface area contributed by atoms with E-state index in [0.29, 0.717) is 28.2 Å². The molecule has 0 atom stereocenters. The second kappa shape index (κ2) is 8.12. The Morgan fingerprint density at radius 1 is 1.21 bits per heavy atom. The van der Waals surface area contributed by atoms with Crippen LogP contribution >= 0.6 is 11.3 Å². The summed E-state index contributed by atoms with van der Waals surface area (Å²) in [5.41, 5.74) is 2.48. The molecular formula is C20H21N3O4S. The van der Waals surface area contributed by atoms with Gasteiger partial charge in [-0.15, -0.1) is 0 Å². The number of aromatic nitrogens is 2. The fraction of sp³-hybridized carbons (Fsp3) is 0.350. The Morgan fingerprint density at radius 3 is 2.79 bits per heavy atom. The number of fused-ring (bicyclic) bond motifs is 1. The minimum atomic E-state index is -0.258. The van der Waals surface area contributed by atoms with Crippen LogP contribution in [0.2, 0.25) is 0 Å². The van der Waals surface area contributed by atoms with Crippen molar-refractivity contribution in [2.24, 2.45) is 0 Å². The maximum absolute atomic E-state index is 12.6. The maximum Gasteiger partial charge on any atom is 0.257 e. The van der Waals surface area contributed by atoms with Crippen molar-refractivity contribution < 1.29 is 19.0 Å². The Morgan fingerprint density at radius 2 is 2.04 bits per heavy atom. The Labute approximate surface area is 166 Å². The highest BCUT2D eigenvalue weighted by Gasteiger charge is 2.22. The van der Waals surface area contributed by atoms with Crippen molar-refractivity contribution in [1.82, 2.24) is 9.97 Å². The van der Waals surface area contributed by atoms with Gasteiger partial charge in [0.1, 0.15) is 11.3 Å². The standard InChI is InChI=1S/C20H21N3O4S/c1-25-15-4-3-14(12-6-9-27-10-7-12)18-17(15)22-20(28-18)23-19(24)13-5-8-21-16(11-13)26-2/h3-5,8,11-12H,6-7,9-10H2,1-2H3,(H,22,23,24). The quantitative estimate of drug-likeness (QED) is 0.702. The molecule has 4 rings (SSSR count). The van der Waals surface area contributed by atoms with E-state index in [9.17, 15) is 4.79 Å². The van der Waals surface area contributed by atoms with Crippen LogP contribution in [0, 0.1) is 0 Å². The highest BCUT2D eigenvalue weighted by Crippen LogP contribution is 2.40. The second-order valence-corrected chi connectivity index (χ2v) is 7.48. The first-order valence-corrected chi connectivity index (χ1v) is 9.88. The van der Waals surface area contributed by atoms with Gasteiger partial charge in [0.25, 0.3) is 5.91 Å². The van der Waals surface area contributed by atoms with Gasteiger partial charge in [0.15, 0.2) is 5.13 Å². The lowest BCUT2D eigenvalue weighted by molar-refractivity contribution is 0.0856. The van der Waals surface area contributed by atoms with Gasteiger partial charge < -0.3 is 14.2 Å². The molecule has 1 aliphatic heterocycles. The first-order valence-electron chi connectivity index (χ1n) is 9.06. The molecule has 1 fully saturated rings. The van der Waals surface area contributed by atoms with Crippen LogP contribution < -0.4 is 14.8 Å². The molecule has 1 aliphatic rings. The third-order valence-electron chi connectivity index (χ3n) is 4.84. The number of hydrogen-bond acceptors (Lipinski definition) is 7. The van der Waals surface area contributed by atoms with E-state index in [2.05, 4.69) is 21.4 Å². The minimum Gasteiger partial charge on any atom is -0.494 e. The molecule has 0 aliphatic carbocycles. The average molecular weight is 399 g/mol. The number of hydrogen-bond donors (Lipinski definition) is 1. The summed E-state index contributed by atoms with van der Waals surface area (Å²) in [4.78, 5) is 21.3. The van der Waals surface area contributed by atoms with E-state index < -0.39 is 0 Å². The van der Waals surface area contributed by atoms with Gasteiger partial charge in [0.05, 0.1) is 18.9 Å². The summed E-state index contributed by atoms with van der Waals surface area (Å²) in [5, 5.41) is 3.42. The number of carbonyl (C=O) groups is 1. The van der Waals surface area contributed by atoms with Crippen molar-refractivity contribution in [3.63, 3.8) is 0 Å². The van der Waals surface area contributed by atoms with Crippen LogP contribution in [0.1, 0.15) is 34.7 Å². The van der Waals surface area contributed by atoms with Gasteiger partial charge in [0, 0.05) is 31.0 Å². The average Bonchev–Trinajstić information content (AvgIpc) is 3.17. The summed E-state index contributed by atoms with van der Waals surface area (Å²) in [5.74, 6) is 1.26. The molecule has 0 radical (unpaired) electrons. The molecule has 1 amide bonds. The molecule has 3 heterocycles. The predicted molar refractivity (Wildman–Crippen MR) is 108 cm³/mol. The van der Waals surface area contributed by atoms with Crippen LogP contribution in [-0.2, 0) is 4.74 Å². The topological polar surface area (TPSA) is 82.6 Å². The number of methoxy groups -OCH3 is 2. The highest BCUT2D eigenvalue weighted by molar-refractivity contribution is 7.22. The molecule has 1 N–H and O–H groups in total.